The Morgan fingerprint density at radius 1 is 1.24 bits per heavy atom. The fourth-order valence-electron chi connectivity index (χ4n) is 2.25. The van der Waals surface area contributed by atoms with Gasteiger partial charge in [0.25, 0.3) is 0 Å². The van der Waals surface area contributed by atoms with Crippen LogP contribution in [-0.2, 0) is 27.2 Å². The van der Waals surface area contributed by atoms with Crippen molar-refractivity contribution in [2.24, 2.45) is 0 Å². The normalized spacial score (nSPS) is 10.8. The standard InChI is InChI=1S/C19H22N2O3S/c1-3-24-18(23)12-11-16-9-7-15(8-10-16)5-4-6-17-13-25-19(21-17)20-14(2)22/h7-13H,3-6H2,1-2H3,(H,20,21,22)/b12-11+. The summed E-state index contributed by atoms with van der Waals surface area (Å²) >= 11 is 1.45. The quantitative estimate of drug-likeness (QED) is 0.575. The van der Waals surface area contributed by atoms with Crippen LogP contribution in [0, 0.1) is 0 Å². The van der Waals surface area contributed by atoms with Crippen LogP contribution >= 0.6 is 11.3 Å². The molecule has 0 spiro atoms. The molecule has 5 nitrogen and oxygen atoms in total. The molecule has 0 fully saturated rings. The van der Waals surface area contributed by atoms with Gasteiger partial charge in [-0.1, -0.05) is 24.3 Å². The molecule has 0 unspecified atom stereocenters. The van der Waals surface area contributed by atoms with Gasteiger partial charge in [0.2, 0.25) is 5.91 Å². The molecular formula is C19H22N2O3S. The molecule has 0 saturated heterocycles. The molecule has 132 valence electrons. The molecule has 1 amide bonds. The van der Waals surface area contributed by atoms with Crippen LogP contribution < -0.4 is 5.32 Å². The van der Waals surface area contributed by atoms with E-state index in [1.807, 2.05) is 17.5 Å². The number of nitrogens with one attached hydrogen (secondary N) is 1. The Hall–Kier alpha value is -2.47. The number of hydrogen-bond acceptors (Lipinski definition) is 5. The topological polar surface area (TPSA) is 68.3 Å². The highest BCUT2D eigenvalue weighted by molar-refractivity contribution is 7.13. The van der Waals surface area contributed by atoms with Crippen molar-refractivity contribution in [3.05, 3.63) is 52.5 Å². The van der Waals surface area contributed by atoms with Crippen molar-refractivity contribution < 1.29 is 14.3 Å². The van der Waals surface area contributed by atoms with Crippen molar-refractivity contribution in [3.63, 3.8) is 0 Å². The van der Waals surface area contributed by atoms with E-state index in [-0.39, 0.29) is 11.9 Å². The summed E-state index contributed by atoms with van der Waals surface area (Å²) in [7, 11) is 0. The number of carbonyl (C=O) groups excluding carboxylic acids is 2. The van der Waals surface area contributed by atoms with Crippen LogP contribution in [0.15, 0.2) is 35.7 Å². The lowest BCUT2D eigenvalue weighted by atomic mass is 10.1. The van der Waals surface area contributed by atoms with Crippen molar-refractivity contribution >= 4 is 34.4 Å². The van der Waals surface area contributed by atoms with Gasteiger partial charge in [-0.3, -0.25) is 4.79 Å². The van der Waals surface area contributed by atoms with Gasteiger partial charge in [-0.15, -0.1) is 11.3 Å². The van der Waals surface area contributed by atoms with Gasteiger partial charge >= 0.3 is 5.97 Å². The third-order valence-corrected chi connectivity index (χ3v) is 4.22. The van der Waals surface area contributed by atoms with Crippen molar-refractivity contribution in [2.45, 2.75) is 33.1 Å². The Balaban J connectivity index is 1.78. The predicted molar refractivity (Wildman–Crippen MR) is 101 cm³/mol. The average Bonchev–Trinajstić information content (AvgIpc) is 3.01. The fraction of sp³-hybridized carbons (Fsp3) is 0.316. The largest absolute Gasteiger partial charge is 0.463 e. The van der Waals surface area contributed by atoms with Gasteiger partial charge < -0.3 is 10.1 Å². The van der Waals surface area contributed by atoms with E-state index in [1.54, 1.807) is 13.0 Å². The second kappa shape index (κ2) is 9.74. The van der Waals surface area contributed by atoms with Crippen molar-refractivity contribution in [2.75, 3.05) is 11.9 Å². The summed E-state index contributed by atoms with van der Waals surface area (Å²) in [5, 5.41) is 5.33. The first-order valence-corrected chi connectivity index (χ1v) is 9.10. The first-order chi connectivity index (χ1) is 12.1. The van der Waals surface area contributed by atoms with Crippen molar-refractivity contribution in [3.8, 4) is 0 Å². The second-order valence-corrected chi connectivity index (χ2v) is 6.36. The Morgan fingerprint density at radius 3 is 2.68 bits per heavy atom. The van der Waals surface area contributed by atoms with Crippen LogP contribution in [0.2, 0.25) is 0 Å². The van der Waals surface area contributed by atoms with Gasteiger partial charge in [0.1, 0.15) is 0 Å². The van der Waals surface area contributed by atoms with Gasteiger partial charge in [-0.25, -0.2) is 9.78 Å². The molecule has 0 bridgehead atoms. The molecule has 0 aliphatic rings. The molecule has 0 atom stereocenters. The first kappa shape index (κ1) is 18.9. The highest BCUT2D eigenvalue weighted by atomic mass is 32.1. The van der Waals surface area contributed by atoms with Crippen LogP contribution in [0.5, 0.6) is 0 Å². The van der Waals surface area contributed by atoms with Gasteiger partial charge in [-0.05, 0) is 43.4 Å². The lowest BCUT2D eigenvalue weighted by Gasteiger charge is -2.02. The number of esters is 1. The molecule has 2 rings (SSSR count). The van der Waals surface area contributed by atoms with Crippen molar-refractivity contribution in [1.82, 2.24) is 4.98 Å². The Bertz CT molecular complexity index is 735. The lowest BCUT2D eigenvalue weighted by Crippen LogP contribution is -2.05. The molecule has 0 aliphatic heterocycles. The third-order valence-electron chi connectivity index (χ3n) is 3.41. The van der Waals surface area contributed by atoms with E-state index in [4.69, 9.17) is 4.74 Å². The molecule has 1 aromatic heterocycles. The maximum Gasteiger partial charge on any atom is 0.330 e. The Kier molecular flexibility index (Phi) is 7.35. The smallest absolute Gasteiger partial charge is 0.330 e. The minimum absolute atomic E-state index is 0.0991. The SMILES string of the molecule is CCOC(=O)/C=C/c1ccc(CCCc2csc(NC(C)=O)n2)cc1. The molecule has 0 saturated carbocycles. The molecule has 6 heteroatoms. The van der Waals surface area contributed by atoms with Gasteiger partial charge in [0.05, 0.1) is 12.3 Å². The Labute approximate surface area is 151 Å². The Morgan fingerprint density at radius 2 is 2.00 bits per heavy atom. The van der Waals surface area contributed by atoms with Gasteiger partial charge in [-0.2, -0.15) is 0 Å². The summed E-state index contributed by atoms with van der Waals surface area (Å²) in [6.07, 6.45) is 6.00. The number of carbonyl (C=O) groups is 2. The maximum absolute atomic E-state index is 11.3. The summed E-state index contributed by atoms with van der Waals surface area (Å²) in [5.41, 5.74) is 3.21. The molecule has 2 aromatic rings. The van der Waals surface area contributed by atoms with Crippen molar-refractivity contribution in [1.29, 1.82) is 0 Å². The first-order valence-electron chi connectivity index (χ1n) is 8.22. The van der Waals surface area contributed by atoms with Crippen LogP contribution in [-0.4, -0.2) is 23.5 Å². The number of benzene rings is 1. The number of rotatable bonds is 8. The average molecular weight is 358 g/mol. The number of thiazole rings is 1. The van der Waals surface area contributed by atoms with Crippen LogP contribution in [0.1, 0.15) is 37.1 Å². The zero-order chi connectivity index (χ0) is 18.1. The summed E-state index contributed by atoms with van der Waals surface area (Å²) in [6.45, 7) is 3.65. The summed E-state index contributed by atoms with van der Waals surface area (Å²) < 4.78 is 4.85. The number of aryl methyl sites for hydroxylation is 2. The highest BCUT2D eigenvalue weighted by Crippen LogP contribution is 2.17. The van der Waals surface area contributed by atoms with Crippen LogP contribution in [0.3, 0.4) is 0 Å². The maximum atomic E-state index is 11.3. The molecule has 25 heavy (non-hydrogen) atoms. The number of hydrogen-bond donors (Lipinski definition) is 1. The number of amides is 1. The summed E-state index contributed by atoms with van der Waals surface area (Å²) in [4.78, 5) is 26.7. The predicted octanol–water partition coefficient (Wildman–Crippen LogP) is 3.85. The number of aromatic nitrogens is 1. The van der Waals surface area contributed by atoms with E-state index in [1.165, 1.54) is 29.9 Å². The molecule has 0 radical (unpaired) electrons. The molecule has 1 heterocycles. The molecule has 1 N–H and O–H groups in total. The fourth-order valence-corrected chi connectivity index (χ4v) is 3.04. The zero-order valence-corrected chi connectivity index (χ0v) is 15.3. The van der Waals surface area contributed by atoms with E-state index in [9.17, 15) is 9.59 Å². The highest BCUT2D eigenvalue weighted by Gasteiger charge is 2.03. The lowest BCUT2D eigenvalue weighted by molar-refractivity contribution is -0.137. The van der Waals surface area contributed by atoms with E-state index >= 15 is 0 Å². The van der Waals surface area contributed by atoms with E-state index in [2.05, 4.69) is 22.4 Å². The summed E-state index contributed by atoms with van der Waals surface area (Å²) in [5.74, 6) is -0.425. The third kappa shape index (κ3) is 6.89. The van der Waals surface area contributed by atoms with E-state index < -0.39 is 0 Å². The zero-order valence-electron chi connectivity index (χ0n) is 14.5. The van der Waals surface area contributed by atoms with Gasteiger partial charge in [0, 0.05) is 18.4 Å². The molecule has 1 aromatic carbocycles. The van der Waals surface area contributed by atoms with Gasteiger partial charge in [0.15, 0.2) is 5.13 Å². The minimum atomic E-state index is -0.325. The number of anilines is 1. The summed E-state index contributed by atoms with van der Waals surface area (Å²) in [6, 6.07) is 8.11. The second-order valence-electron chi connectivity index (χ2n) is 5.51. The van der Waals surface area contributed by atoms with E-state index in [0.717, 1.165) is 30.5 Å². The van der Waals surface area contributed by atoms with E-state index in [0.29, 0.717) is 11.7 Å². The molecular weight excluding hydrogens is 336 g/mol. The van der Waals surface area contributed by atoms with Crippen LogP contribution in [0.4, 0.5) is 5.13 Å². The monoisotopic (exact) mass is 358 g/mol. The molecule has 0 aliphatic carbocycles. The number of nitrogens with zero attached hydrogens (tertiary/aromatic N) is 1. The van der Waals surface area contributed by atoms with Crippen LogP contribution in [0.25, 0.3) is 6.08 Å². The minimum Gasteiger partial charge on any atom is -0.463 e. The number of ether oxygens (including phenoxy) is 1.